The smallest absolute Gasteiger partial charge is 0.338 e. The van der Waals surface area contributed by atoms with Crippen LogP contribution in [0.5, 0.6) is 0 Å². The predicted molar refractivity (Wildman–Crippen MR) is 45.8 cm³/mol. The van der Waals surface area contributed by atoms with E-state index in [4.69, 9.17) is 11.5 Å². The number of carbonyl (C=O) groups is 1. The zero-order valence-corrected chi connectivity index (χ0v) is 7.47. The second-order valence-corrected chi connectivity index (χ2v) is 2.83. The minimum absolute atomic E-state index is 0.106. The van der Waals surface area contributed by atoms with Crippen LogP contribution in [0.2, 0.25) is 0 Å². The van der Waals surface area contributed by atoms with Crippen LogP contribution in [0.15, 0.2) is 0 Å². The third-order valence-corrected chi connectivity index (χ3v) is 1.63. The summed E-state index contributed by atoms with van der Waals surface area (Å²) in [6, 6.07) is -0.106. The predicted octanol–water partition coefficient (Wildman–Crippen LogP) is -3.68. The van der Waals surface area contributed by atoms with Gasteiger partial charge in [0.15, 0.2) is 5.78 Å². The first-order valence-electron chi connectivity index (χ1n) is 3.99. The highest BCUT2D eigenvalue weighted by Gasteiger charge is 2.10. The number of guanidine groups is 1. The van der Waals surface area contributed by atoms with Gasteiger partial charge in [-0.3, -0.25) is 21.3 Å². The summed E-state index contributed by atoms with van der Waals surface area (Å²) in [7, 11) is 0. The van der Waals surface area contributed by atoms with Gasteiger partial charge >= 0.3 is 5.96 Å². The fourth-order valence-corrected chi connectivity index (χ4v) is 0.784. The van der Waals surface area contributed by atoms with E-state index in [9.17, 15) is 4.79 Å². The Bertz CT molecular complexity index is 174. The van der Waals surface area contributed by atoms with Crippen molar-refractivity contribution in [3.8, 4) is 0 Å². The van der Waals surface area contributed by atoms with E-state index in [0.29, 0.717) is 6.54 Å². The van der Waals surface area contributed by atoms with E-state index in [-0.39, 0.29) is 17.8 Å². The summed E-state index contributed by atoms with van der Waals surface area (Å²) in [6.07, 6.45) is 1.63. The number of hydrogen-bond acceptors (Lipinski definition) is 1. The van der Waals surface area contributed by atoms with E-state index in [0.717, 1.165) is 12.8 Å². The van der Waals surface area contributed by atoms with Crippen LogP contribution in [0.25, 0.3) is 0 Å². The molecule has 70 valence electrons. The van der Waals surface area contributed by atoms with Crippen molar-refractivity contribution in [3.05, 3.63) is 0 Å². The van der Waals surface area contributed by atoms with Crippen LogP contribution in [0.1, 0.15) is 19.8 Å². The van der Waals surface area contributed by atoms with Gasteiger partial charge in [0.25, 0.3) is 0 Å². The van der Waals surface area contributed by atoms with E-state index in [1.807, 2.05) is 0 Å². The lowest BCUT2D eigenvalue weighted by atomic mass is 10.1. The molecule has 0 saturated carbocycles. The van der Waals surface area contributed by atoms with Gasteiger partial charge in [-0.25, -0.2) is 0 Å². The Kier molecular flexibility index (Phi) is 5.03. The number of Topliss-reactive ketones (excluding diaryl/α,β-unsaturated/α-hetero) is 1. The SMILES string of the molecule is CC(=O)C([NH3+])CCC[NH+]=C(N)N. The van der Waals surface area contributed by atoms with Gasteiger partial charge < -0.3 is 5.73 Å². The lowest BCUT2D eigenvalue weighted by molar-refractivity contribution is -0.463. The largest absolute Gasteiger partial charge is 0.349 e. The van der Waals surface area contributed by atoms with Gasteiger partial charge in [0.2, 0.25) is 0 Å². The Morgan fingerprint density at radius 2 is 2.17 bits per heavy atom. The second-order valence-electron chi connectivity index (χ2n) is 2.83. The summed E-state index contributed by atoms with van der Waals surface area (Å²) in [5.41, 5.74) is 14.0. The minimum Gasteiger partial charge on any atom is -0.349 e. The Morgan fingerprint density at radius 1 is 1.58 bits per heavy atom. The monoisotopic (exact) mass is 174 g/mol. The van der Waals surface area contributed by atoms with Crippen molar-refractivity contribution in [3.63, 3.8) is 0 Å². The highest BCUT2D eigenvalue weighted by molar-refractivity contribution is 5.79. The zero-order valence-electron chi connectivity index (χ0n) is 7.47. The van der Waals surface area contributed by atoms with Crippen molar-refractivity contribution in [2.45, 2.75) is 25.8 Å². The average Bonchev–Trinajstić information content (AvgIpc) is 1.97. The highest BCUT2D eigenvalue weighted by atomic mass is 16.1. The van der Waals surface area contributed by atoms with Crippen LogP contribution in [-0.4, -0.2) is 24.3 Å². The highest BCUT2D eigenvalue weighted by Crippen LogP contribution is 1.90. The maximum atomic E-state index is 10.7. The van der Waals surface area contributed by atoms with Gasteiger partial charge in [-0.05, 0) is 6.42 Å². The van der Waals surface area contributed by atoms with Crippen LogP contribution in [0.3, 0.4) is 0 Å². The molecule has 0 heterocycles. The molecule has 8 N–H and O–H groups in total. The van der Waals surface area contributed by atoms with Gasteiger partial charge in [0, 0.05) is 13.3 Å². The number of quaternary nitrogens is 1. The number of rotatable bonds is 5. The third kappa shape index (κ3) is 5.67. The molecule has 0 aliphatic heterocycles. The fraction of sp³-hybridized carbons (Fsp3) is 0.714. The Balaban J connectivity index is 3.44. The van der Waals surface area contributed by atoms with Crippen molar-refractivity contribution >= 4 is 11.7 Å². The Hall–Kier alpha value is -1.10. The lowest BCUT2D eigenvalue weighted by Gasteiger charge is -2.01. The summed E-state index contributed by atoms with van der Waals surface area (Å²) < 4.78 is 0. The molecule has 0 aromatic carbocycles. The Labute approximate surface area is 72.0 Å². The number of carbonyl (C=O) groups excluding carboxylic acids is 1. The van der Waals surface area contributed by atoms with Crippen LogP contribution in [-0.2, 0) is 4.79 Å². The van der Waals surface area contributed by atoms with E-state index in [2.05, 4.69) is 10.7 Å². The van der Waals surface area contributed by atoms with E-state index < -0.39 is 0 Å². The molecule has 0 aliphatic rings. The second kappa shape index (κ2) is 5.54. The molecular formula is C7H18N4O+2. The van der Waals surface area contributed by atoms with Crippen molar-refractivity contribution in [1.82, 2.24) is 0 Å². The van der Waals surface area contributed by atoms with Gasteiger partial charge in [-0.15, -0.1) is 0 Å². The molecule has 1 unspecified atom stereocenters. The number of ketones is 1. The summed E-state index contributed by atoms with van der Waals surface area (Å²) in [6.45, 7) is 2.25. The normalized spacial score (nSPS) is 12.2. The summed E-state index contributed by atoms with van der Waals surface area (Å²) >= 11 is 0. The molecule has 0 aromatic rings. The Morgan fingerprint density at radius 3 is 2.58 bits per heavy atom. The van der Waals surface area contributed by atoms with Crippen LogP contribution >= 0.6 is 0 Å². The number of nitrogens with two attached hydrogens (primary N) is 2. The molecule has 0 amide bonds. The number of nitrogens with one attached hydrogen (secondary N) is 1. The van der Waals surface area contributed by atoms with Gasteiger partial charge in [0.05, 0.1) is 6.54 Å². The first-order chi connectivity index (χ1) is 5.54. The maximum Gasteiger partial charge on any atom is 0.338 e. The molecule has 0 radical (unpaired) electrons. The van der Waals surface area contributed by atoms with Crippen molar-refractivity contribution in [1.29, 1.82) is 0 Å². The van der Waals surface area contributed by atoms with E-state index in [1.165, 1.54) is 0 Å². The molecule has 5 nitrogen and oxygen atoms in total. The van der Waals surface area contributed by atoms with Crippen molar-refractivity contribution < 1.29 is 15.5 Å². The quantitative estimate of drug-likeness (QED) is 0.196. The third-order valence-electron chi connectivity index (χ3n) is 1.63. The molecule has 0 rings (SSSR count). The minimum atomic E-state index is -0.106. The molecule has 0 spiro atoms. The first-order valence-corrected chi connectivity index (χ1v) is 3.99. The van der Waals surface area contributed by atoms with Crippen LogP contribution in [0, 0.1) is 0 Å². The van der Waals surface area contributed by atoms with E-state index in [1.54, 1.807) is 6.92 Å². The molecule has 0 saturated heterocycles. The molecule has 1 atom stereocenters. The summed E-state index contributed by atoms with van der Waals surface area (Å²) in [5, 5.41) is 0. The first kappa shape index (κ1) is 10.9. The molecular weight excluding hydrogens is 156 g/mol. The molecule has 0 bridgehead atoms. The van der Waals surface area contributed by atoms with Gasteiger partial charge in [-0.2, -0.15) is 0 Å². The molecule has 0 fully saturated rings. The van der Waals surface area contributed by atoms with Crippen molar-refractivity contribution in [2.24, 2.45) is 11.5 Å². The standard InChI is InChI=1S/C7H16N4O/c1-5(12)6(8)3-2-4-11-7(9)10/h6H,2-4,8H2,1H3,(H4,9,10,11)/p+2. The molecule has 12 heavy (non-hydrogen) atoms. The topological polar surface area (TPSA) is 111 Å². The van der Waals surface area contributed by atoms with Gasteiger partial charge in [0.1, 0.15) is 6.04 Å². The zero-order chi connectivity index (χ0) is 9.56. The van der Waals surface area contributed by atoms with Gasteiger partial charge in [-0.1, -0.05) is 0 Å². The van der Waals surface area contributed by atoms with Crippen molar-refractivity contribution in [2.75, 3.05) is 6.54 Å². The van der Waals surface area contributed by atoms with Crippen LogP contribution in [0.4, 0.5) is 0 Å². The van der Waals surface area contributed by atoms with Crippen LogP contribution < -0.4 is 22.2 Å². The molecule has 0 aliphatic carbocycles. The molecule has 5 heteroatoms. The summed E-state index contributed by atoms with van der Waals surface area (Å²) in [4.78, 5) is 13.5. The maximum absolute atomic E-state index is 10.7. The average molecular weight is 174 g/mol. The molecule has 0 aromatic heterocycles. The lowest BCUT2D eigenvalue weighted by Crippen LogP contribution is -2.78. The number of hydrogen-bond donors (Lipinski definition) is 4. The fourth-order valence-electron chi connectivity index (χ4n) is 0.784. The summed E-state index contributed by atoms with van der Waals surface area (Å²) in [5.74, 6) is 0.345. The van der Waals surface area contributed by atoms with E-state index >= 15 is 0 Å².